The fourth-order valence-electron chi connectivity index (χ4n) is 2.50. The summed E-state index contributed by atoms with van der Waals surface area (Å²) in [4.78, 5) is 0. The molecule has 2 heteroatoms. The van der Waals surface area contributed by atoms with Gasteiger partial charge in [0.25, 0.3) is 0 Å². The maximum Gasteiger partial charge on any atom is 0.0494 e. The molecule has 0 radical (unpaired) electrons. The number of hydrogen-bond acceptors (Lipinski definition) is 0. The molecule has 0 saturated heterocycles. The lowest BCUT2D eigenvalue weighted by Crippen LogP contribution is -1.98. The van der Waals surface area contributed by atoms with Gasteiger partial charge in [-0.25, -0.2) is 0 Å². The van der Waals surface area contributed by atoms with Crippen molar-refractivity contribution in [1.29, 1.82) is 0 Å². The highest BCUT2D eigenvalue weighted by Crippen LogP contribution is 2.22. The Hall–Kier alpha value is -1.54. The van der Waals surface area contributed by atoms with Gasteiger partial charge in [-0.05, 0) is 40.6 Å². The second-order valence-corrected chi connectivity index (χ2v) is 6.46. The van der Waals surface area contributed by atoms with E-state index in [1.165, 1.54) is 22.0 Å². The van der Waals surface area contributed by atoms with Gasteiger partial charge in [-0.3, -0.25) is 0 Å². The molecule has 0 N–H and O–H groups in total. The van der Waals surface area contributed by atoms with Crippen LogP contribution in [0.15, 0.2) is 59.2 Å². The minimum atomic E-state index is 0.590. The number of benzene rings is 2. The summed E-state index contributed by atoms with van der Waals surface area (Å²) in [6, 6.07) is 17.5. The SMILES string of the molecule is CC(C)c1ccc(Cn2ccc3ccc(Br)cc32)cc1. The first-order valence-electron chi connectivity index (χ1n) is 6.97. The standard InChI is InChI=1S/C18H18BrN/c1-13(2)15-5-3-14(4-6-15)12-20-10-9-16-7-8-17(19)11-18(16)20/h3-11,13H,12H2,1-2H3. The van der Waals surface area contributed by atoms with Crippen molar-refractivity contribution in [1.82, 2.24) is 4.57 Å². The van der Waals surface area contributed by atoms with E-state index in [1.54, 1.807) is 0 Å². The van der Waals surface area contributed by atoms with Crippen molar-refractivity contribution < 1.29 is 0 Å². The topological polar surface area (TPSA) is 4.93 Å². The minimum absolute atomic E-state index is 0.590. The van der Waals surface area contributed by atoms with Crippen LogP contribution in [0.4, 0.5) is 0 Å². The highest BCUT2D eigenvalue weighted by atomic mass is 79.9. The second kappa shape index (κ2) is 5.45. The van der Waals surface area contributed by atoms with E-state index in [0.717, 1.165) is 11.0 Å². The molecule has 0 fully saturated rings. The first kappa shape index (κ1) is 13.4. The lowest BCUT2D eigenvalue weighted by Gasteiger charge is -2.09. The second-order valence-electron chi connectivity index (χ2n) is 5.54. The van der Waals surface area contributed by atoms with Crippen LogP contribution in [0.5, 0.6) is 0 Å². The Balaban J connectivity index is 1.91. The lowest BCUT2D eigenvalue weighted by molar-refractivity contribution is 0.828. The maximum absolute atomic E-state index is 3.55. The fourth-order valence-corrected chi connectivity index (χ4v) is 2.85. The molecule has 0 aliphatic heterocycles. The van der Waals surface area contributed by atoms with E-state index in [4.69, 9.17) is 0 Å². The molecule has 0 amide bonds. The first-order chi connectivity index (χ1) is 9.63. The van der Waals surface area contributed by atoms with E-state index in [1.807, 2.05) is 0 Å². The third kappa shape index (κ3) is 2.66. The van der Waals surface area contributed by atoms with Crippen molar-refractivity contribution in [2.45, 2.75) is 26.3 Å². The van der Waals surface area contributed by atoms with Gasteiger partial charge in [0.1, 0.15) is 0 Å². The van der Waals surface area contributed by atoms with Crippen LogP contribution >= 0.6 is 15.9 Å². The van der Waals surface area contributed by atoms with Gasteiger partial charge < -0.3 is 4.57 Å². The summed E-state index contributed by atoms with van der Waals surface area (Å²) < 4.78 is 3.42. The van der Waals surface area contributed by atoms with Crippen molar-refractivity contribution in [3.05, 3.63) is 70.3 Å². The number of nitrogens with zero attached hydrogens (tertiary/aromatic N) is 1. The molecule has 1 nitrogen and oxygen atoms in total. The Kier molecular flexibility index (Phi) is 3.66. The fraction of sp³-hybridized carbons (Fsp3) is 0.222. The van der Waals surface area contributed by atoms with Crippen LogP contribution in [0.25, 0.3) is 10.9 Å². The van der Waals surface area contributed by atoms with Gasteiger partial charge in [-0.1, -0.05) is 60.1 Å². The van der Waals surface area contributed by atoms with Gasteiger partial charge >= 0.3 is 0 Å². The van der Waals surface area contributed by atoms with Crippen molar-refractivity contribution in [3.63, 3.8) is 0 Å². The predicted molar refractivity (Wildman–Crippen MR) is 89.3 cm³/mol. The molecule has 20 heavy (non-hydrogen) atoms. The molecular weight excluding hydrogens is 310 g/mol. The average Bonchev–Trinajstić information content (AvgIpc) is 2.82. The molecule has 102 valence electrons. The summed E-state index contributed by atoms with van der Waals surface area (Å²) >= 11 is 3.55. The third-order valence-electron chi connectivity index (χ3n) is 3.74. The van der Waals surface area contributed by atoms with Gasteiger partial charge in [-0.2, -0.15) is 0 Å². The normalized spacial score (nSPS) is 11.4. The minimum Gasteiger partial charge on any atom is -0.343 e. The molecule has 2 aromatic carbocycles. The molecule has 0 spiro atoms. The van der Waals surface area contributed by atoms with E-state index < -0.39 is 0 Å². The van der Waals surface area contributed by atoms with Crippen molar-refractivity contribution in [2.24, 2.45) is 0 Å². The Morgan fingerprint density at radius 2 is 1.75 bits per heavy atom. The average molecular weight is 328 g/mol. The molecule has 0 saturated carbocycles. The largest absolute Gasteiger partial charge is 0.343 e. The molecule has 0 aliphatic carbocycles. The quantitative estimate of drug-likeness (QED) is 0.592. The van der Waals surface area contributed by atoms with Crippen LogP contribution in [0.2, 0.25) is 0 Å². The molecule has 3 aromatic rings. The smallest absolute Gasteiger partial charge is 0.0494 e. The van der Waals surface area contributed by atoms with E-state index in [2.05, 4.69) is 89.1 Å². The number of hydrogen-bond donors (Lipinski definition) is 0. The van der Waals surface area contributed by atoms with E-state index in [0.29, 0.717) is 5.92 Å². The zero-order chi connectivity index (χ0) is 14.1. The number of halogens is 1. The van der Waals surface area contributed by atoms with Crippen LogP contribution < -0.4 is 0 Å². The first-order valence-corrected chi connectivity index (χ1v) is 7.76. The van der Waals surface area contributed by atoms with Gasteiger partial charge in [0.2, 0.25) is 0 Å². The molecule has 0 unspecified atom stereocenters. The predicted octanol–water partition coefficient (Wildman–Crippen LogP) is 5.58. The van der Waals surface area contributed by atoms with Crippen LogP contribution in [0.1, 0.15) is 30.9 Å². The molecule has 0 bridgehead atoms. The van der Waals surface area contributed by atoms with Crippen LogP contribution in [0.3, 0.4) is 0 Å². The summed E-state index contributed by atoms with van der Waals surface area (Å²) in [6.45, 7) is 5.37. The molecule has 0 aliphatic rings. The summed E-state index contributed by atoms with van der Waals surface area (Å²) in [5.41, 5.74) is 4.01. The number of aromatic nitrogens is 1. The maximum atomic E-state index is 3.55. The highest BCUT2D eigenvalue weighted by Gasteiger charge is 2.03. The zero-order valence-corrected chi connectivity index (χ0v) is 13.4. The molecule has 1 aromatic heterocycles. The summed E-state index contributed by atoms with van der Waals surface area (Å²) in [7, 11) is 0. The molecule has 3 rings (SSSR count). The van der Waals surface area contributed by atoms with E-state index in [9.17, 15) is 0 Å². The van der Waals surface area contributed by atoms with E-state index >= 15 is 0 Å². The number of rotatable bonds is 3. The van der Waals surface area contributed by atoms with Gasteiger partial charge in [0.15, 0.2) is 0 Å². The number of fused-ring (bicyclic) bond motifs is 1. The van der Waals surface area contributed by atoms with Gasteiger partial charge in [-0.15, -0.1) is 0 Å². The van der Waals surface area contributed by atoms with Crippen LogP contribution in [-0.2, 0) is 6.54 Å². The summed E-state index contributed by atoms with van der Waals surface area (Å²) in [6.07, 6.45) is 2.16. The molecule has 1 heterocycles. The monoisotopic (exact) mass is 327 g/mol. The Morgan fingerprint density at radius 3 is 2.45 bits per heavy atom. The van der Waals surface area contributed by atoms with Crippen LogP contribution in [-0.4, -0.2) is 4.57 Å². The summed E-state index contributed by atoms with van der Waals surface area (Å²) in [5.74, 6) is 0.590. The van der Waals surface area contributed by atoms with Gasteiger partial charge in [0, 0.05) is 22.7 Å². The van der Waals surface area contributed by atoms with Crippen LogP contribution in [0, 0.1) is 0 Å². The Morgan fingerprint density at radius 1 is 1.00 bits per heavy atom. The molecule has 0 atom stereocenters. The van der Waals surface area contributed by atoms with Gasteiger partial charge in [0.05, 0.1) is 0 Å². The Bertz CT molecular complexity index is 723. The van der Waals surface area contributed by atoms with Crippen molar-refractivity contribution in [2.75, 3.05) is 0 Å². The lowest BCUT2D eigenvalue weighted by atomic mass is 10.0. The summed E-state index contributed by atoms with van der Waals surface area (Å²) in [5, 5.41) is 1.28. The van der Waals surface area contributed by atoms with E-state index in [-0.39, 0.29) is 0 Å². The highest BCUT2D eigenvalue weighted by molar-refractivity contribution is 9.10. The van der Waals surface area contributed by atoms with Crippen molar-refractivity contribution >= 4 is 26.8 Å². The third-order valence-corrected chi connectivity index (χ3v) is 4.23. The Labute approximate surface area is 128 Å². The van der Waals surface area contributed by atoms with Crippen molar-refractivity contribution in [3.8, 4) is 0 Å². The zero-order valence-electron chi connectivity index (χ0n) is 11.8. The molecular formula is C18H18BrN.